The highest BCUT2D eigenvalue weighted by molar-refractivity contribution is 7.19. The fourth-order valence-corrected chi connectivity index (χ4v) is 3.84. The van der Waals surface area contributed by atoms with Crippen molar-refractivity contribution in [2.45, 2.75) is 20.8 Å². The molecule has 0 bridgehead atoms. The Morgan fingerprint density at radius 2 is 1.93 bits per heavy atom. The van der Waals surface area contributed by atoms with E-state index < -0.39 is 10.9 Å². The van der Waals surface area contributed by atoms with Gasteiger partial charge in [-0.05, 0) is 39.0 Å². The van der Waals surface area contributed by atoms with Crippen LogP contribution in [0.3, 0.4) is 0 Å². The molecule has 0 unspecified atom stereocenters. The molecule has 0 aliphatic carbocycles. The van der Waals surface area contributed by atoms with Crippen LogP contribution in [0.1, 0.15) is 28.7 Å². The molecule has 0 radical (unpaired) electrons. The number of esters is 1. The first-order valence-electron chi connectivity index (χ1n) is 9.01. The predicted octanol–water partition coefficient (Wildman–Crippen LogP) is 3.62. The van der Waals surface area contributed by atoms with Crippen molar-refractivity contribution < 1.29 is 14.5 Å². The minimum absolute atomic E-state index is 0.00953. The molecule has 0 N–H and O–H groups in total. The molecule has 0 saturated carbocycles. The van der Waals surface area contributed by atoms with Crippen molar-refractivity contribution in [2.24, 2.45) is 0 Å². The highest BCUT2D eigenvalue weighted by Gasteiger charge is 2.21. The van der Waals surface area contributed by atoms with Gasteiger partial charge in [-0.3, -0.25) is 15.1 Å². The number of carbonyl (C=O) groups excluding carboxylic acids is 1. The Balaban J connectivity index is 1.78. The summed E-state index contributed by atoms with van der Waals surface area (Å²) >= 11 is 1.30. The van der Waals surface area contributed by atoms with Crippen LogP contribution >= 0.6 is 11.3 Å². The lowest BCUT2D eigenvalue weighted by Gasteiger charge is -2.09. The number of aromatic nitrogens is 5. The fourth-order valence-electron chi connectivity index (χ4n) is 2.99. The van der Waals surface area contributed by atoms with Crippen LogP contribution in [-0.4, -0.2) is 42.3 Å². The molecule has 0 saturated heterocycles. The van der Waals surface area contributed by atoms with Gasteiger partial charge in [-0.25, -0.2) is 4.79 Å². The molecule has 0 spiro atoms. The van der Waals surface area contributed by atoms with Gasteiger partial charge in [0, 0.05) is 29.0 Å². The van der Waals surface area contributed by atoms with Crippen molar-refractivity contribution >= 4 is 28.0 Å². The normalized spacial score (nSPS) is 11.0. The van der Waals surface area contributed by atoms with Crippen molar-refractivity contribution in [2.75, 3.05) is 6.61 Å². The first-order valence-corrected chi connectivity index (χ1v) is 9.83. The Morgan fingerprint density at radius 3 is 2.60 bits per heavy atom. The average Bonchev–Trinajstić information content (AvgIpc) is 3.29. The van der Waals surface area contributed by atoms with Gasteiger partial charge in [-0.2, -0.15) is 9.61 Å². The number of pyridine rings is 1. The number of hydrogen-bond acceptors (Lipinski definition) is 9. The number of nitro benzene ring substituents is 1. The lowest BCUT2D eigenvalue weighted by atomic mass is 10.1. The second-order valence-electron chi connectivity index (χ2n) is 6.40. The largest absolute Gasteiger partial charge is 0.462 e. The minimum Gasteiger partial charge on any atom is -0.462 e. The van der Waals surface area contributed by atoms with E-state index in [1.54, 1.807) is 36.6 Å². The summed E-state index contributed by atoms with van der Waals surface area (Å²) in [6, 6.07) is 7.83. The SMILES string of the molecule is CCOC(=O)c1cc(-c2nnc3sc(-c4ccc([N+](=O)[O-])cc4)nn23)c(C)nc1C. The number of carbonyl (C=O) groups is 1. The summed E-state index contributed by atoms with van der Waals surface area (Å²) in [6.45, 7) is 5.58. The molecule has 0 amide bonds. The number of nitro groups is 1. The monoisotopic (exact) mass is 424 g/mol. The van der Waals surface area contributed by atoms with Gasteiger partial charge in [0.25, 0.3) is 5.69 Å². The first kappa shape index (κ1) is 19.6. The first-order chi connectivity index (χ1) is 14.4. The van der Waals surface area contributed by atoms with Gasteiger partial charge in [-0.15, -0.1) is 10.2 Å². The number of ether oxygens (including phenoxy) is 1. The van der Waals surface area contributed by atoms with Crippen LogP contribution in [0, 0.1) is 24.0 Å². The number of aryl methyl sites for hydroxylation is 2. The Hall–Kier alpha value is -3.73. The molecule has 30 heavy (non-hydrogen) atoms. The van der Waals surface area contributed by atoms with Gasteiger partial charge in [0.15, 0.2) is 5.82 Å². The summed E-state index contributed by atoms with van der Waals surface area (Å²) in [7, 11) is 0. The van der Waals surface area contributed by atoms with Crippen molar-refractivity contribution in [3.63, 3.8) is 0 Å². The van der Waals surface area contributed by atoms with Crippen LogP contribution in [0.15, 0.2) is 30.3 Å². The topological polar surface area (TPSA) is 125 Å². The smallest absolute Gasteiger partial charge is 0.339 e. The maximum atomic E-state index is 12.3. The van der Waals surface area contributed by atoms with Crippen LogP contribution < -0.4 is 0 Å². The second-order valence-corrected chi connectivity index (χ2v) is 7.36. The Kier molecular flexibility index (Phi) is 4.96. The van der Waals surface area contributed by atoms with Crippen molar-refractivity contribution in [1.29, 1.82) is 0 Å². The van der Waals surface area contributed by atoms with E-state index in [0.29, 0.717) is 38.3 Å². The van der Waals surface area contributed by atoms with E-state index in [-0.39, 0.29) is 12.3 Å². The lowest BCUT2D eigenvalue weighted by Crippen LogP contribution is -2.10. The number of rotatable bonds is 5. The number of non-ortho nitro benzene ring substituents is 1. The highest BCUT2D eigenvalue weighted by atomic mass is 32.1. The molecular weight excluding hydrogens is 408 g/mol. The number of hydrogen-bond donors (Lipinski definition) is 0. The average molecular weight is 424 g/mol. The third-order valence-corrected chi connectivity index (χ3v) is 5.40. The third-order valence-electron chi connectivity index (χ3n) is 4.46. The fraction of sp³-hybridized carbons (Fsp3) is 0.211. The summed E-state index contributed by atoms with van der Waals surface area (Å²) < 4.78 is 6.69. The summed E-state index contributed by atoms with van der Waals surface area (Å²) in [5, 5.41) is 24.4. The summed E-state index contributed by atoms with van der Waals surface area (Å²) in [5.74, 6) is -0.000633. The van der Waals surface area contributed by atoms with E-state index in [4.69, 9.17) is 4.74 Å². The van der Waals surface area contributed by atoms with Crippen LogP contribution in [0.25, 0.3) is 26.9 Å². The van der Waals surface area contributed by atoms with Crippen molar-refractivity contribution in [1.82, 2.24) is 24.8 Å². The standard InChI is InChI=1S/C19H16N6O4S/c1-4-29-18(26)15-9-14(10(2)20-11(15)3)16-21-22-19-24(16)23-17(30-19)12-5-7-13(8-6-12)25(27)28/h5-9H,4H2,1-3H3. The molecule has 1 aromatic carbocycles. The van der Waals surface area contributed by atoms with Gasteiger partial charge in [0.05, 0.1) is 22.8 Å². The maximum Gasteiger partial charge on any atom is 0.339 e. The number of benzene rings is 1. The molecule has 3 aromatic heterocycles. The summed E-state index contributed by atoms with van der Waals surface area (Å²) in [4.78, 5) is 27.7. The van der Waals surface area contributed by atoms with Crippen LogP contribution in [-0.2, 0) is 4.74 Å². The molecule has 152 valence electrons. The van der Waals surface area contributed by atoms with Crippen molar-refractivity contribution in [3.05, 3.63) is 57.4 Å². The molecule has 0 aliphatic heterocycles. The molecule has 0 atom stereocenters. The Bertz CT molecular complexity index is 1280. The Morgan fingerprint density at radius 1 is 1.20 bits per heavy atom. The van der Waals surface area contributed by atoms with Gasteiger partial charge >= 0.3 is 5.97 Å². The third kappa shape index (κ3) is 3.39. The Labute approximate surface area is 174 Å². The predicted molar refractivity (Wildman–Crippen MR) is 109 cm³/mol. The van der Waals surface area contributed by atoms with E-state index in [2.05, 4.69) is 20.3 Å². The van der Waals surface area contributed by atoms with E-state index in [1.165, 1.54) is 23.5 Å². The quantitative estimate of drug-likeness (QED) is 0.270. The molecule has 4 aromatic rings. The molecule has 11 heteroatoms. The van der Waals surface area contributed by atoms with Gasteiger partial charge in [0.2, 0.25) is 4.96 Å². The summed E-state index contributed by atoms with van der Waals surface area (Å²) in [6.07, 6.45) is 0. The van der Waals surface area contributed by atoms with E-state index in [9.17, 15) is 14.9 Å². The number of fused-ring (bicyclic) bond motifs is 1. The van der Waals surface area contributed by atoms with Gasteiger partial charge in [-0.1, -0.05) is 11.3 Å². The molecule has 0 fully saturated rings. The second kappa shape index (κ2) is 7.59. The van der Waals surface area contributed by atoms with Gasteiger partial charge in [0.1, 0.15) is 5.01 Å². The van der Waals surface area contributed by atoms with E-state index in [1.807, 2.05) is 6.92 Å². The van der Waals surface area contributed by atoms with Crippen molar-refractivity contribution in [3.8, 4) is 22.0 Å². The molecule has 10 nitrogen and oxygen atoms in total. The molecule has 0 aliphatic rings. The molecule has 3 heterocycles. The lowest BCUT2D eigenvalue weighted by molar-refractivity contribution is -0.384. The zero-order valence-corrected chi connectivity index (χ0v) is 17.1. The number of nitrogens with zero attached hydrogens (tertiary/aromatic N) is 6. The minimum atomic E-state index is -0.450. The summed E-state index contributed by atoms with van der Waals surface area (Å²) in [5.41, 5.74) is 2.97. The van der Waals surface area contributed by atoms with E-state index >= 15 is 0 Å². The molecule has 4 rings (SSSR count). The van der Waals surface area contributed by atoms with Crippen LogP contribution in [0.4, 0.5) is 5.69 Å². The highest BCUT2D eigenvalue weighted by Crippen LogP contribution is 2.30. The zero-order chi connectivity index (χ0) is 21.4. The molecular formula is C19H16N6O4S. The zero-order valence-electron chi connectivity index (χ0n) is 16.3. The van der Waals surface area contributed by atoms with Crippen LogP contribution in [0.2, 0.25) is 0 Å². The van der Waals surface area contributed by atoms with Gasteiger partial charge < -0.3 is 4.74 Å². The van der Waals surface area contributed by atoms with E-state index in [0.717, 1.165) is 5.56 Å². The van der Waals surface area contributed by atoms with Crippen LogP contribution in [0.5, 0.6) is 0 Å². The maximum absolute atomic E-state index is 12.3.